The fourth-order valence-electron chi connectivity index (χ4n) is 2.17. The minimum atomic E-state index is -0.300. The molecule has 0 saturated heterocycles. The molecule has 2 N–H and O–H groups in total. The Bertz CT molecular complexity index is 898. The van der Waals surface area contributed by atoms with Gasteiger partial charge in [-0.1, -0.05) is 29.8 Å². The Balaban J connectivity index is 1.67. The first kappa shape index (κ1) is 17.8. The van der Waals surface area contributed by atoms with Crippen molar-refractivity contribution in [2.75, 3.05) is 10.6 Å². The molecule has 1 heterocycles. The fraction of sp³-hybridized carbons (Fsp3) is 0.0588. The molecule has 0 aliphatic rings. The van der Waals surface area contributed by atoms with Gasteiger partial charge in [0.2, 0.25) is 0 Å². The number of nitrogens with zero attached hydrogens (tertiary/aromatic N) is 2. The zero-order valence-corrected chi connectivity index (χ0v) is 16.0. The highest BCUT2D eigenvalue weighted by molar-refractivity contribution is 9.10. The summed E-state index contributed by atoms with van der Waals surface area (Å²) < 4.78 is 15.5. The van der Waals surface area contributed by atoms with Gasteiger partial charge in [0.25, 0.3) is 0 Å². The van der Waals surface area contributed by atoms with Crippen LogP contribution in [0.25, 0.3) is 0 Å². The van der Waals surface area contributed by atoms with Crippen molar-refractivity contribution in [3.05, 3.63) is 75.6 Å². The Kier molecular flexibility index (Phi) is 5.67. The molecule has 2 aromatic carbocycles. The maximum Gasteiger partial charge on any atom is 0.176 e. The van der Waals surface area contributed by atoms with Gasteiger partial charge in [0.1, 0.15) is 5.82 Å². The third-order valence-corrected chi connectivity index (χ3v) is 4.49. The summed E-state index contributed by atoms with van der Waals surface area (Å²) >= 11 is 14.9. The molecule has 0 atom stereocenters. The molecule has 0 aliphatic carbocycles. The van der Waals surface area contributed by atoms with E-state index in [1.165, 1.54) is 12.1 Å². The van der Waals surface area contributed by atoms with E-state index in [1.54, 1.807) is 16.8 Å². The van der Waals surface area contributed by atoms with Crippen LogP contribution < -0.4 is 10.6 Å². The summed E-state index contributed by atoms with van der Waals surface area (Å²) in [6.07, 6.45) is 1.84. The molecule has 3 aromatic rings. The normalized spacial score (nSPS) is 10.5. The number of hydrogen-bond donors (Lipinski definition) is 2. The standard InChI is InChI=1S/C17H13BrClFN4S/c18-14-10-24(9-11-3-1-2-4-15(11)19)23-16(14)22-17(25)21-13-7-5-12(20)6-8-13/h1-8,10H,9H2,(H2,21,22,23,25). The number of benzene rings is 2. The number of rotatable bonds is 4. The van der Waals surface area contributed by atoms with Crippen molar-refractivity contribution < 1.29 is 4.39 Å². The predicted molar refractivity (Wildman–Crippen MR) is 107 cm³/mol. The van der Waals surface area contributed by atoms with E-state index in [0.717, 1.165) is 10.0 Å². The lowest BCUT2D eigenvalue weighted by atomic mass is 10.2. The molecule has 4 nitrogen and oxygen atoms in total. The third kappa shape index (κ3) is 4.78. The summed E-state index contributed by atoms with van der Waals surface area (Å²) in [5, 5.41) is 11.5. The molecule has 128 valence electrons. The molecule has 0 radical (unpaired) electrons. The van der Waals surface area contributed by atoms with Crippen LogP contribution in [-0.4, -0.2) is 14.9 Å². The van der Waals surface area contributed by atoms with Crippen LogP contribution in [0.15, 0.2) is 59.2 Å². The van der Waals surface area contributed by atoms with Crippen molar-refractivity contribution in [3.8, 4) is 0 Å². The summed E-state index contributed by atoms with van der Waals surface area (Å²) in [6, 6.07) is 13.5. The van der Waals surface area contributed by atoms with Gasteiger partial charge in [0.05, 0.1) is 11.0 Å². The van der Waals surface area contributed by atoms with Crippen LogP contribution in [-0.2, 0) is 6.54 Å². The van der Waals surface area contributed by atoms with E-state index >= 15 is 0 Å². The van der Waals surface area contributed by atoms with E-state index in [0.29, 0.717) is 28.2 Å². The number of aromatic nitrogens is 2. The smallest absolute Gasteiger partial charge is 0.176 e. The molecular weight excluding hydrogens is 427 g/mol. The molecule has 0 amide bonds. The van der Waals surface area contributed by atoms with Crippen LogP contribution in [0, 0.1) is 5.82 Å². The van der Waals surface area contributed by atoms with Crippen LogP contribution in [0.3, 0.4) is 0 Å². The maximum absolute atomic E-state index is 12.9. The molecule has 0 spiro atoms. The van der Waals surface area contributed by atoms with E-state index in [2.05, 4.69) is 31.7 Å². The summed E-state index contributed by atoms with van der Waals surface area (Å²) in [6.45, 7) is 0.540. The predicted octanol–water partition coefficient (Wildman–Crippen LogP) is 5.30. The Morgan fingerprint density at radius 1 is 1.16 bits per heavy atom. The quantitative estimate of drug-likeness (QED) is 0.542. The zero-order chi connectivity index (χ0) is 17.8. The molecular formula is C17H13BrClFN4S. The van der Waals surface area contributed by atoms with E-state index < -0.39 is 0 Å². The van der Waals surface area contributed by atoms with Crippen molar-refractivity contribution in [2.45, 2.75) is 6.54 Å². The fourth-order valence-corrected chi connectivity index (χ4v) is 2.99. The van der Waals surface area contributed by atoms with Gasteiger partial charge in [-0.2, -0.15) is 5.10 Å². The van der Waals surface area contributed by atoms with Crippen molar-refractivity contribution in [2.24, 2.45) is 0 Å². The molecule has 1 aromatic heterocycles. The topological polar surface area (TPSA) is 41.9 Å². The number of nitrogens with one attached hydrogen (secondary N) is 2. The first-order valence-corrected chi connectivity index (χ1v) is 8.89. The van der Waals surface area contributed by atoms with Crippen molar-refractivity contribution in [3.63, 3.8) is 0 Å². The van der Waals surface area contributed by atoms with Gasteiger partial charge >= 0.3 is 0 Å². The highest BCUT2D eigenvalue weighted by atomic mass is 79.9. The summed E-state index contributed by atoms with van der Waals surface area (Å²) in [5.74, 6) is 0.275. The van der Waals surface area contributed by atoms with E-state index in [9.17, 15) is 4.39 Å². The van der Waals surface area contributed by atoms with Crippen LogP contribution in [0.5, 0.6) is 0 Å². The Morgan fingerprint density at radius 3 is 2.60 bits per heavy atom. The third-order valence-electron chi connectivity index (χ3n) is 3.34. The van der Waals surface area contributed by atoms with E-state index in [-0.39, 0.29) is 5.82 Å². The number of halogens is 3. The maximum atomic E-state index is 12.9. The van der Waals surface area contributed by atoms with Gasteiger partial charge in [-0.3, -0.25) is 4.68 Å². The lowest BCUT2D eigenvalue weighted by Crippen LogP contribution is -2.19. The highest BCUT2D eigenvalue weighted by Crippen LogP contribution is 2.23. The summed E-state index contributed by atoms with van der Waals surface area (Å²) in [7, 11) is 0. The van der Waals surface area contributed by atoms with Crippen molar-refractivity contribution >= 4 is 56.4 Å². The Morgan fingerprint density at radius 2 is 1.88 bits per heavy atom. The van der Waals surface area contributed by atoms with Gasteiger partial charge in [-0.15, -0.1) is 0 Å². The monoisotopic (exact) mass is 438 g/mol. The number of hydrogen-bond acceptors (Lipinski definition) is 2. The first-order valence-electron chi connectivity index (χ1n) is 7.31. The Hall–Kier alpha value is -1.96. The highest BCUT2D eigenvalue weighted by Gasteiger charge is 2.10. The van der Waals surface area contributed by atoms with Crippen LogP contribution in [0.1, 0.15) is 5.56 Å². The molecule has 3 rings (SSSR count). The zero-order valence-electron chi connectivity index (χ0n) is 12.8. The van der Waals surface area contributed by atoms with E-state index in [1.807, 2.05) is 30.5 Å². The molecule has 0 bridgehead atoms. The largest absolute Gasteiger partial charge is 0.332 e. The van der Waals surface area contributed by atoms with Gasteiger partial charge in [0.15, 0.2) is 10.9 Å². The molecule has 8 heteroatoms. The van der Waals surface area contributed by atoms with Crippen molar-refractivity contribution in [1.82, 2.24) is 9.78 Å². The average Bonchev–Trinajstić information content (AvgIpc) is 2.91. The summed E-state index contributed by atoms with van der Waals surface area (Å²) in [5.41, 5.74) is 1.66. The Labute approximate surface area is 163 Å². The second kappa shape index (κ2) is 7.95. The minimum absolute atomic E-state index is 0.300. The van der Waals surface area contributed by atoms with Crippen LogP contribution >= 0.6 is 39.7 Å². The number of anilines is 2. The summed E-state index contributed by atoms with van der Waals surface area (Å²) in [4.78, 5) is 0. The van der Waals surface area contributed by atoms with Gasteiger partial charge in [0, 0.05) is 16.9 Å². The molecule has 0 fully saturated rings. The van der Waals surface area contributed by atoms with Crippen LogP contribution in [0.2, 0.25) is 5.02 Å². The van der Waals surface area contributed by atoms with Crippen LogP contribution in [0.4, 0.5) is 15.9 Å². The lowest BCUT2D eigenvalue weighted by Gasteiger charge is -2.09. The molecule has 0 aliphatic heterocycles. The molecule has 25 heavy (non-hydrogen) atoms. The SMILES string of the molecule is Fc1ccc(NC(=S)Nc2nn(Cc3ccccc3Cl)cc2Br)cc1. The van der Waals surface area contributed by atoms with Crippen molar-refractivity contribution in [1.29, 1.82) is 0 Å². The number of thiocarbonyl (C=S) groups is 1. The molecule has 0 unspecified atom stereocenters. The van der Waals surface area contributed by atoms with E-state index in [4.69, 9.17) is 23.8 Å². The second-order valence-corrected chi connectivity index (χ2v) is 6.87. The van der Waals surface area contributed by atoms with Gasteiger partial charge in [-0.25, -0.2) is 4.39 Å². The minimum Gasteiger partial charge on any atom is -0.332 e. The van der Waals surface area contributed by atoms with Gasteiger partial charge in [-0.05, 0) is 64.0 Å². The second-order valence-electron chi connectivity index (χ2n) is 5.20. The first-order chi connectivity index (χ1) is 12.0. The lowest BCUT2D eigenvalue weighted by molar-refractivity contribution is 0.628. The average molecular weight is 440 g/mol. The molecule has 0 saturated carbocycles. The van der Waals surface area contributed by atoms with Gasteiger partial charge < -0.3 is 10.6 Å².